The average Bonchev–Trinajstić information content (AvgIpc) is 2.60. The number of rotatable bonds is 2. The number of hydrogen-bond donors (Lipinski definition) is 0. The summed E-state index contributed by atoms with van der Waals surface area (Å²) < 4.78 is 0. The van der Waals surface area contributed by atoms with Crippen LogP contribution in [0.4, 0.5) is 0 Å². The highest BCUT2D eigenvalue weighted by molar-refractivity contribution is 6.21. The summed E-state index contributed by atoms with van der Waals surface area (Å²) in [7, 11) is 0. The van der Waals surface area contributed by atoms with Gasteiger partial charge in [-0.05, 0) is 42.2 Å². The molecule has 3 atom stereocenters. The molecule has 15 heavy (non-hydrogen) atoms. The molecule has 1 saturated carbocycles. The molecule has 1 aromatic carbocycles. The fraction of sp³-hybridized carbons (Fsp3) is 0.571. The normalized spacial score (nSPS) is 30.7. The van der Waals surface area contributed by atoms with Crippen molar-refractivity contribution >= 4 is 11.6 Å². The molecule has 82 valence electrons. The lowest BCUT2D eigenvalue weighted by atomic mass is 9.86. The second-order valence-corrected chi connectivity index (χ2v) is 5.17. The Morgan fingerprint density at radius 3 is 2.60 bits per heavy atom. The van der Waals surface area contributed by atoms with Gasteiger partial charge in [-0.25, -0.2) is 0 Å². The fourth-order valence-corrected chi connectivity index (χ4v) is 3.07. The van der Waals surface area contributed by atoms with E-state index in [1.54, 1.807) is 0 Å². The minimum Gasteiger partial charge on any atom is -0.123 e. The zero-order chi connectivity index (χ0) is 10.8. The van der Waals surface area contributed by atoms with E-state index in [1.165, 1.54) is 24.0 Å². The summed E-state index contributed by atoms with van der Waals surface area (Å²) in [6.07, 6.45) is 3.56. The Bertz CT molecular complexity index is 332. The van der Waals surface area contributed by atoms with Gasteiger partial charge in [0.1, 0.15) is 0 Å². The molecular weight excluding hydrogens is 204 g/mol. The summed E-state index contributed by atoms with van der Waals surface area (Å²) in [5.74, 6) is 1.31. The van der Waals surface area contributed by atoms with Crippen LogP contribution in [-0.4, -0.2) is 5.38 Å². The van der Waals surface area contributed by atoms with Gasteiger partial charge >= 0.3 is 0 Å². The van der Waals surface area contributed by atoms with E-state index in [-0.39, 0.29) is 0 Å². The Morgan fingerprint density at radius 1 is 1.27 bits per heavy atom. The van der Waals surface area contributed by atoms with Crippen molar-refractivity contribution in [3.05, 3.63) is 35.4 Å². The Labute approximate surface area is 97.6 Å². The Morgan fingerprint density at radius 2 is 2.00 bits per heavy atom. The first kappa shape index (κ1) is 11.0. The summed E-state index contributed by atoms with van der Waals surface area (Å²) in [4.78, 5) is 0. The summed E-state index contributed by atoms with van der Waals surface area (Å²) in [6.45, 7) is 4.53. The highest BCUT2D eigenvalue weighted by atomic mass is 35.5. The van der Waals surface area contributed by atoms with Crippen LogP contribution in [0.1, 0.15) is 43.7 Å². The molecule has 0 saturated heterocycles. The number of alkyl halides is 1. The van der Waals surface area contributed by atoms with E-state index in [2.05, 4.69) is 38.1 Å². The summed E-state index contributed by atoms with van der Waals surface area (Å²) in [5, 5.41) is 0.375. The van der Waals surface area contributed by atoms with E-state index in [9.17, 15) is 0 Å². The third-order valence-electron chi connectivity index (χ3n) is 3.79. The van der Waals surface area contributed by atoms with Crippen molar-refractivity contribution in [3.8, 4) is 0 Å². The SMILES string of the molecule is CCc1ccccc1C1CCC(Cl)C1C. The van der Waals surface area contributed by atoms with E-state index in [4.69, 9.17) is 11.6 Å². The van der Waals surface area contributed by atoms with Crippen molar-refractivity contribution in [2.45, 2.75) is 44.4 Å². The van der Waals surface area contributed by atoms with Crippen LogP contribution in [0.3, 0.4) is 0 Å². The minimum absolute atomic E-state index is 0.375. The molecule has 3 unspecified atom stereocenters. The lowest BCUT2D eigenvalue weighted by Gasteiger charge is -2.20. The third-order valence-corrected chi connectivity index (χ3v) is 4.41. The maximum atomic E-state index is 6.30. The van der Waals surface area contributed by atoms with Gasteiger partial charge in [0, 0.05) is 5.38 Å². The monoisotopic (exact) mass is 222 g/mol. The van der Waals surface area contributed by atoms with Gasteiger partial charge in [-0.15, -0.1) is 11.6 Å². The van der Waals surface area contributed by atoms with Crippen molar-refractivity contribution in [3.63, 3.8) is 0 Å². The van der Waals surface area contributed by atoms with E-state index in [0.29, 0.717) is 17.2 Å². The average molecular weight is 223 g/mol. The number of halogens is 1. The molecule has 0 heterocycles. The molecular formula is C14H19Cl. The van der Waals surface area contributed by atoms with Gasteiger partial charge in [0.15, 0.2) is 0 Å². The van der Waals surface area contributed by atoms with Crippen LogP contribution in [0.25, 0.3) is 0 Å². The summed E-state index contributed by atoms with van der Waals surface area (Å²) >= 11 is 6.30. The van der Waals surface area contributed by atoms with Crippen molar-refractivity contribution in [2.24, 2.45) is 5.92 Å². The molecule has 1 aromatic rings. The topological polar surface area (TPSA) is 0 Å². The summed E-state index contributed by atoms with van der Waals surface area (Å²) in [6, 6.07) is 8.83. The zero-order valence-corrected chi connectivity index (χ0v) is 10.3. The summed E-state index contributed by atoms with van der Waals surface area (Å²) in [5.41, 5.74) is 3.04. The maximum Gasteiger partial charge on any atom is 0.0367 e. The minimum atomic E-state index is 0.375. The maximum absolute atomic E-state index is 6.30. The lowest BCUT2D eigenvalue weighted by molar-refractivity contribution is 0.534. The van der Waals surface area contributed by atoms with Gasteiger partial charge in [-0.3, -0.25) is 0 Å². The molecule has 1 heteroatoms. The second kappa shape index (κ2) is 4.57. The van der Waals surface area contributed by atoms with Crippen LogP contribution in [0, 0.1) is 5.92 Å². The number of aryl methyl sites for hydroxylation is 1. The Kier molecular flexibility index (Phi) is 3.35. The van der Waals surface area contributed by atoms with Gasteiger partial charge in [0.2, 0.25) is 0 Å². The predicted molar refractivity (Wildman–Crippen MR) is 66.6 cm³/mol. The van der Waals surface area contributed by atoms with Crippen molar-refractivity contribution < 1.29 is 0 Å². The molecule has 0 amide bonds. The fourth-order valence-electron chi connectivity index (χ4n) is 2.77. The highest BCUT2D eigenvalue weighted by Gasteiger charge is 2.32. The van der Waals surface area contributed by atoms with E-state index >= 15 is 0 Å². The zero-order valence-electron chi connectivity index (χ0n) is 9.54. The first-order valence-electron chi connectivity index (χ1n) is 5.96. The molecule has 1 aliphatic carbocycles. The molecule has 2 rings (SSSR count). The second-order valence-electron chi connectivity index (χ2n) is 4.61. The highest BCUT2D eigenvalue weighted by Crippen LogP contribution is 2.43. The van der Waals surface area contributed by atoms with Gasteiger partial charge < -0.3 is 0 Å². The van der Waals surface area contributed by atoms with Crippen LogP contribution < -0.4 is 0 Å². The molecule has 0 radical (unpaired) electrons. The molecule has 1 aliphatic rings. The molecule has 0 aliphatic heterocycles. The molecule has 0 N–H and O–H groups in total. The third kappa shape index (κ3) is 2.06. The smallest absolute Gasteiger partial charge is 0.0367 e. The first-order valence-corrected chi connectivity index (χ1v) is 6.39. The van der Waals surface area contributed by atoms with Crippen molar-refractivity contribution in [1.82, 2.24) is 0 Å². The molecule has 0 bridgehead atoms. The van der Waals surface area contributed by atoms with Crippen LogP contribution in [0.15, 0.2) is 24.3 Å². The van der Waals surface area contributed by atoms with Gasteiger partial charge in [-0.1, -0.05) is 38.1 Å². The standard InChI is InChI=1S/C14H19Cl/c1-3-11-6-4-5-7-13(11)12-8-9-14(15)10(12)2/h4-7,10,12,14H,3,8-9H2,1-2H3. The van der Waals surface area contributed by atoms with Crippen LogP contribution in [-0.2, 0) is 6.42 Å². The van der Waals surface area contributed by atoms with Gasteiger partial charge in [-0.2, -0.15) is 0 Å². The van der Waals surface area contributed by atoms with E-state index in [1.807, 2.05) is 0 Å². The van der Waals surface area contributed by atoms with Gasteiger partial charge in [0.05, 0.1) is 0 Å². The Hall–Kier alpha value is -0.490. The predicted octanol–water partition coefficient (Wildman–Crippen LogP) is 4.37. The first-order chi connectivity index (χ1) is 7.24. The quantitative estimate of drug-likeness (QED) is 0.652. The van der Waals surface area contributed by atoms with E-state index in [0.717, 1.165) is 6.42 Å². The molecule has 1 fully saturated rings. The molecule has 0 aromatic heterocycles. The largest absolute Gasteiger partial charge is 0.123 e. The van der Waals surface area contributed by atoms with Gasteiger partial charge in [0.25, 0.3) is 0 Å². The van der Waals surface area contributed by atoms with Crippen LogP contribution in [0.5, 0.6) is 0 Å². The lowest BCUT2D eigenvalue weighted by Crippen LogP contribution is -2.11. The number of hydrogen-bond acceptors (Lipinski definition) is 0. The van der Waals surface area contributed by atoms with Crippen LogP contribution in [0.2, 0.25) is 0 Å². The Balaban J connectivity index is 2.29. The van der Waals surface area contributed by atoms with Crippen LogP contribution >= 0.6 is 11.6 Å². The van der Waals surface area contributed by atoms with Crippen molar-refractivity contribution in [1.29, 1.82) is 0 Å². The van der Waals surface area contributed by atoms with E-state index < -0.39 is 0 Å². The van der Waals surface area contributed by atoms with Crippen molar-refractivity contribution in [2.75, 3.05) is 0 Å². The number of benzene rings is 1. The molecule has 0 nitrogen and oxygen atoms in total. The molecule has 0 spiro atoms.